The molecule has 1 aromatic heterocycles. The van der Waals surface area contributed by atoms with Gasteiger partial charge in [-0.1, -0.05) is 13.0 Å². The van der Waals surface area contributed by atoms with Crippen LogP contribution in [-0.4, -0.2) is 9.78 Å². The Bertz CT molecular complexity index is 618. The zero-order chi connectivity index (χ0) is 14.1. The number of benzene rings is 1. The fourth-order valence-corrected chi connectivity index (χ4v) is 2.75. The molecule has 0 fully saturated rings. The van der Waals surface area contributed by atoms with Crippen LogP contribution in [0.15, 0.2) is 24.3 Å². The molecule has 0 bridgehead atoms. The van der Waals surface area contributed by atoms with Crippen molar-refractivity contribution in [3.05, 3.63) is 46.8 Å². The van der Waals surface area contributed by atoms with Gasteiger partial charge in [0.2, 0.25) is 0 Å². The second-order valence-corrected chi connectivity index (χ2v) is 5.40. The number of nitrogens with two attached hydrogens (primary N) is 1. The van der Waals surface area contributed by atoms with Crippen LogP contribution in [0.5, 0.6) is 5.75 Å². The Morgan fingerprint density at radius 2 is 2.25 bits per heavy atom. The summed E-state index contributed by atoms with van der Waals surface area (Å²) in [5, 5.41) is 4.43. The average Bonchev–Trinajstić information content (AvgIpc) is 3.00. The minimum atomic E-state index is 0.197. The summed E-state index contributed by atoms with van der Waals surface area (Å²) in [4.78, 5) is 0. The van der Waals surface area contributed by atoms with Crippen molar-refractivity contribution >= 4 is 0 Å². The number of aryl methyl sites for hydroxylation is 3. The van der Waals surface area contributed by atoms with E-state index >= 15 is 0 Å². The SMILES string of the molecule is CCc1cc(COc2ccc3c(c2)CCC3N)n(C)n1. The number of fused-ring (bicyclic) bond motifs is 1. The zero-order valence-electron chi connectivity index (χ0n) is 12.1. The molecule has 1 aromatic carbocycles. The number of nitrogens with zero attached hydrogens (tertiary/aromatic N) is 2. The summed E-state index contributed by atoms with van der Waals surface area (Å²) < 4.78 is 7.78. The smallest absolute Gasteiger partial charge is 0.130 e. The van der Waals surface area contributed by atoms with E-state index in [0.29, 0.717) is 6.61 Å². The van der Waals surface area contributed by atoms with E-state index < -0.39 is 0 Å². The molecule has 4 nitrogen and oxygen atoms in total. The van der Waals surface area contributed by atoms with Gasteiger partial charge in [-0.25, -0.2) is 0 Å². The fourth-order valence-electron chi connectivity index (χ4n) is 2.75. The summed E-state index contributed by atoms with van der Waals surface area (Å²) in [6, 6.07) is 8.54. The van der Waals surface area contributed by atoms with Crippen LogP contribution in [0.3, 0.4) is 0 Å². The highest BCUT2D eigenvalue weighted by Gasteiger charge is 2.19. The molecule has 1 aliphatic carbocycles. The van der Waals surface area contributed by atoms with E-state index in [4.69, 9.17) is 10.5 Å². The lowest BCUT2D eigenvalue weighted by molar-refractivity contribution is 0.294. The Morgan fingerprint density at radius 1 is 1.40 bits per heavy atom. The molecule has 0 aliphatic heterocycles. The number of ether oxygens (including phenoxy) is 1. The molecule has 0 radical (unpaired) electrons. The number of hydrogen-bond donors (Lipinski definition) is 1. The summed E-state index contributed by atoms with van der Waals surface area (Å²) in [7, 11) is 1.96. The monoisotopic (exact) mass is 271 g/mol. The highest BCUT2D eigenvalue weighted by Crippen LogP contribution is 2.32. The first-order chi connectivity index (χ1) is 9.67. The highest BCUT2D eigenvalue weighted by molar-refractivity contribution is 5.40. The molecular formula is C16H21N3O. The van der Waals surface area contributed by atoms with Gasteiger partial charge in [0, 0.05) is 13.1 Å². The number of hydrogen-bond acceptors (Lipinski definition) is 3. The van der Waals surface area contributed by atoms with Gasteiger partial charge in [0.1, 0.15) is 12.4 Å². The lowest BCUT2D eigenvalue weighted by atomic mass is 10.1. The molecule has 1 unspecified atom stereocenters. The largest absolute Gasteiger partial charge is 0.487 e. The van der Waals surface area contributed by atoms with Crippen molar-refractivity contribution in [3.8, 4) is 5.75 Å². The summed E-state index contributed by atoms with van der Waals surface area (Å²) in [5.41, 5.74) is 10.8. The number of rotatable bonds is 4. The van der Waals surface area contributed by atoms with Crippen molar-refractivity contribution in [1.29, 1.82) is 0 Å². The third kappa shape index (κ3) is 2.43. The summed E-state index contributed by atoms with van der Waals surface area (Å²) in [5.74, 6) is 0.914. The van der Waals surface area contributed by atoms with Crippen LogP contribution >= 0.6 is 0 Å². The summed E-state index contributed by atoms with van der Waals surface area (Å²) in [6.45, 7) is 2.66. The predicted molar refractivity (Wildman–Crippen MR) is 78.6 cm³/mol. The van der Waals surface area contributed by atoms with Crippen LogP contribution in [0.1, 0.15) is 41.9 Å². The summed E-state index contributed by atoms with van der Waals surface area (Å²) >= 11 is 0. The lowest BCUT2D eigenvalue weighted by Crippen LogP contribution is -2.05. The molecule has 20 heavy (non-hydrogen) atoms. The molecule has 4 heteroatoms. The Balaban J connectivity index is 1.71. The third-order valence-electron chi connectivity index (χ3n) is 4.01. The molecule has 1 aliphatic rings. The van der Waals surface area contributed by atoms with Crippen LogP contribution in [0.25, 0.3) is 0 Å². The van der Waals surface area contributed by atoms with Gasteiger partial charge in [-0.05, 0) is 48.6 Å². The molecule has 0 saturated carbocycles. The van der Waals surface area contributed by atoms with E-state index in [1.807, 2.05) is 17.8 Å². The van der Waals surface area contributed by atoms with Crippen molar-refractivity contribution in [2.75, 3.05) is 0 Å². The minimum Gasteiger partial charge on any atom is -0.487 e. The fraction of sp³-hybridized carbons (Fsp3) is 0.438. The molecule has 1 heterocycles. The first-order valence-electron chi connectivity index (χ1n) is 7.20. The second kappa shape index (κ2) is 5.29. The van der Waals surface area contributed by atoms with Gasteiger partial charge in [-0.2, -0.15) is 5.10 Å². The van der Waals surface area contributed by atoms with E-state index in [9.17, 15) is 0 Å². The molecule has 1 atom stereocenters. The first kappa shape index (κ1) is 13.2. The van der Waals surface area contributed by atoms with Crippen molar-refractivity contribution in [1.82, 2.24) is 9.78 Å². The average molecular weight is 271 g/mol. The van der Waals surface area contributed by atoms with E-state index in [1.54, 1.807) is 0 Å². The maximum Gasteiger partial charge on any atom is 0.130 e. The van der Waals surface area contributed by atoms with Gasteiger partial charge in [-0.15, -0.1) is 0 Å². The molecule has 0 saturated heterocycles. The van der Waals surface area contributed by atoms with Gasteiger partial charge in [0.15, 0.2) is 0 Å². The number of aromatic nitrogens is 2. The zero-order valence-corrected chi connectivity index (χ0v) is 12.1. The summed E-state index contributed by atoms with van der Waals surface area (Å²) in [6.07, 6.45) is 3.05. The van der Waals surface area contributed by atoms with E-state index in [2.05, 4.69) is 30.2 Å². The van der Waals surface area contributed by atoms with Crippen LogP contribution in [0.4, 0.5) is 0 Å². The maximum atomic E-state index is 6.05. The van der Waals surface area contributed by atoms with Crippen molar-refractivity contribution in [3.63, 3.8) is 0 Å². The Morgan fingerprint density at radius 3 is 3.00 bits per heavy atom. The standard InChI is InChI=1S/C16H21N3O/c1-3-12-9-13(19(2)18-12)10-20-14-5-6-15-11(8-14)4-7-16(15)17/h5-6,8-9,16H,3-4,7,10,17H2,1-2H3. The van der Waals surface area contributed by atoms with Crippen LogP contribution in [-0.2, 0) is 26.5 Å². The van der Waals surface area contributed by atoms with Gasteiger partial charge in [0.05, 0.1) is 11.4 Å². The minimum absolute atomic E-state index is 0.197. The molecule has 2 N–H and O–H groups in total. The highest BCUT2D eigenvalue weighted by atomic mass is 16.5. The van der Waals surface area contributed by atoms with Gasteiger partial charge in [0.25, 0.3) is 0 Å². The molecule has 2 aromatic rings. The second-order valence-electron chi connectivity index (χ2n) is 5.40. The van der Waals surface area contributed by atoms with Gasteiger partial charge >= 0.3 is 0 Å². The quantitative estimate of drug-likeness (QED) is 0.929. The van der Waals surface area contributed by atoms with Gasteiger partial charge < -0.3 is 10.5 Å². The maximum absolute atomic E-state index is 6.05. The topological polar surface area (TPSA) is 53.1 Å². The molecule has 3 rings (SSSR count). The van der Waals surface area contributed by atoms with E-state index in [-0.39, 0.29) is 6.04 Å². The predicted octanol–water partition coefficient (Wildman–Crippen LogP) is 2.51. The van der Waals surface area contributed by atoms with Crippen molar-refractivity contribution in [2.45, 2.75) is 38.8 Å². The van der Waals surface area contributed by atoms with Crippen LogP contribution in [0.2, 0.25) is 0 Å². The molecular weight excluding hydrogens is 250 g/mol. The molecule has 106 valence electrons. The van der Waals surface area contributed by atoms with Crippen molar-refractivity contribution < 1.29 is 4.74 Å². The van der Waals surface area contributed by atoms with Crippen molar-refractivity contribution in [2.24, 2.45) is 12.8 Å². The van der Waals surface area contributed by atoms with E-state index in [0.717, 1.165) is 36.4 Å². The Labute approximate surface area is 119 Å². The first-order valence-corrected chi connectivity index (χ1v) is 7.20. The third-order valence-corrected chi connectivity index (χ3v) is 4.01. The molecule has 0 amide bonds. The van der Waals surface area contributed by atoms with Gasteiger partial charge in [-0.3, -0.25) is 4.68 Å². The van der Waals surface area contributed by atoms with Crippen LogP contribution < -0.4 is 10.5 Å². The lowest BCUT2D eigenvalue weighted by Gasteiger charge is -2.09. The normalized spacial score (nSPS) is 17.2. The Hall–Kier alpha value is -1.81. The Kier molecular flexibility index (Phi) is 3.49. The van der Waals surface area contributed by atoms with E-state index in [1.165, 1.54) is 11.1 Å². The van der Waals surface area contributed by atoms with Crippen LogP contribution in [0, 0.1) is 0 Å². The molecule has 0 spiro atoms.